The van der Waals surface area contributed by atoms with Crippen molar-refractivity contribution in [3.63, 3.8) is 0 Å². The molecule has 0 aliphatic heterocycles. The van der Waals surface area contributed by atoms with E-state index in [1.54, 1.807) is 13.8 Å². The molecule has 141 heavy (non-hydrogen) atoms. The van der Waals surface area contributed by atoms with Crippen molar-refractivity contribution in [1.29, 1.82) is 0 Å². The fourth-order valence-corrected chi connectivity index (χ4v) is 13.5. The third-order valence-corrected chi connectivity index (χ3v) is 21.4. The van der Waals surface area contributed by atoms with E-state index in [0.29, 0.717) is 119 Å². The van der Waals surface area contributed by atoms with Crippen LogP contribution in [0, 0.1) is 0 Å². The Hall–Kier alpha value is -5.24. The van der Waals surface area contributed by atoms with Gasteiger partial charge in [-0.3, -0.25) is 0 Å². The summed E-state index contributed by atoms with van der Waals surface area (Å²) >= 11 is 55.4. The molecule has 10 aromatic rings. The molecule has 755 valence electrons. The van der Waals surface area contributed by atoms with Crippen LogP contribution in [-0.4, -0.2) is 188 Å². The molecule has 0 aromatic heterocycles. The Morgan fingerprint density at radius 3 is 0.660 bits per heavy atom. The Kier molecular flexibility index (Phi) is 70.0. The van der Waals surface area contributed by atoms with E-state index in [4.69, 9.17) is 149 Å². The second-order valence-corrected chi connectivity index (χ2v) is 40.9. The molecule has 23 nitrogen and oxygen atoms in total. The van der Waals surface area contributed by atoms with Gasteiger partial charge in [-0.05, 0) is 116 Å². The first-order valence-corrected chi connectivity index (χ1v) is 52.8. The van der Waals surface area contributed by atoms with E-state index in [0.717, 1.165) is 184 Å². The molecule has 0 atom stereocenters. The van der Waals surface area contributed by atoms with Crippen molar-refractivity contribution in [3.8, 4) is 55.6 Å². The first-order valence-electron chi connectivity index (χ1n) is 43.9. The van der Waals surface area contributed by atoms with E-state index in [1.807, 2.05) is 167 Å². The Bertz CT molecular complexity index is 5240. The molecule has 0 bridgehead atoms. The van der Waals surface area contributed by atoms with Gasteiger partial charge in [0.15, 0.2) is 0 Å². The van der Waals surface area contributed by atoms with E-state index >= 15 is 0 Å². The zero-order valence-corrected chi connectivity index (χ0v) is 100. The Morgan fingerprint density at radius 2 is 0.454 bits per heavy atom. The van der Waals surface area contributed by atoms with Crippen molar-refractivity contribution in [1.82, 2.24) is 0 Å². The molecule has 0 N–H and O–H groups in total. The van der Waals surface area contributed by atoms with Gasteiger partial charge in [-0.2, -0.15) is 76.5 Å². The zero-order valence-electron chi connectivity index (χ0n) is 82.9. The minimum atomic E-state index is -0.921. The number of hydrogen-bond acceptors (Lipinski definition) is 23. The summed E-state index contributed by atoms with van der Waals surface area (Å²) < 4.78 is 39.4. The summed E-state index contributed by atoms with van der Waals surface area (Å²) in [7, 11) is 20.3. The summed E-state index contributed by atoms with van der Waals surface area (Å²) in [6.45, 7) is 22.5. The third kappa shape index (κ3) is 53.5. The molecule has 3 amide bonds. The maximum absolute atomic E-state index is 12.2. The third-order valence-electron chi connectivity index (χ3n) is 19.6. The molecule has 0 radical (unpaired) electrons. The van der Waals surface area contributed by atoms with Crippen molar-refractivity contribution in [2.75, 3.05) is 175 Å². The van der Waals surface area contributed by atoms with E-state index in [2.05, 4.69) is 230 Å². The van der Waals surface area contributed by atoms with E-state index < -0.39 is 4.75 Å². The molecule has 0 saturated heterocycles. The van der Waals surface area contributed by atoms with Crippen molar-refractivity contribution in [3.05, 3.63) is 293 Å². The van der Waals surface area contributed by atoms with Gasteiger partial charge in [0, 0.05) is 117 Å². The summed E-state index contributed by atoms with van der Waals surface area (Å²) in [6.07, 6.45) is 0. The molecular weight excluding hydrogens is 2390 g/mol. The number of nitrogens with zero attached hydrogens (tertiary/aromatic N) is 15. The standard InChI is InChI=1S/2C21H28N3OS2.2C21H29N3S2.C19H24N3OS2.5O.5Tc/c1-21(2,27)14-22-12-17-11-16(7-10-19(17)23-20(25)13-26)15-5-8-18(9-6-15)24(3)4;1-21(2,27)20(25)23-19-10-7-16(13-17(19)14-22-11-12-26)15-5-8-18(9-6-15)24(3)4;1-21(2,26)15-22-14-18-13-17(7-10-20(18)23-11-12-25)16-5-8-19(9-6-16)24(3)4;1-21(2,26)15-23-20-10-7-17(13-18(20)14-22-11-12-25)16-5-8-19(9-6-16)24(3)4;1-22(2)17-6-3-14(4-7-17)15-5-8-18(21-19(23)13-25)16(11-15)12-20-9-10-24;;;;;;;;;;/h5-11H,12-14H2,1-4H3,(H3,23,25,26,27);5-10,13H,11-12,14H2,1-4H3,(H3,23,25,26,27);2*5-10,13,25-26H,11-12,14-15H2,1-4H3;3-8,11H,9-10,12-13H2,1-2H3,(H3,21,23,24,25);;;;;;;;;;/q2*-1;2*-2;-1;;;;;;5*+4/p-13. The van der Waals surface area contributed by atoms with Gasteiger partial charge in [-0.15, -0.1) is 84.0 Å². The number of rotatable bonds is 42. The Balaban J connectivity index is 0.000000861. The van der Waals surface area contributed by atoms with Gasteiger partial charge in [0.05, 0.1) is 0 Å². The average Bonchev–Trinajstić information content (AvgIpc) is 0.821. The fourth-order valence-electron chi connectivity index (χ4n) is 12.6. The molecule has 0 saturated carbocycles. The van der Waals surface area contributed by atoms with E-state index in [9.17, 15) is 14.4 Å². The van der Waals surface area contributed by atoms with Crippen LogP contribution in [0.1, 0.15) is 83.2 Å². The molecule has 10 aromatic carbocycles. The van der Waals surface area contributed by atoms with Crippen molar-refractivity contribution in [2.45, 2.75) is 107 Å². The van der Waals surface area contributed by atoms with Crippen molar-refractivity contribution >= 4 is 201 Å². The van der Waals surface area contributed by atoms with Crippen LogP contribution in [0.2, 0.25) is 0 Å². The van der Waals surface area contributed by atoms with Crippen LogP contribution in [0.5, 0.6) is 0 Å². The molecular formula is C103H125N15O8S10Tc5. The van der Waals surface area contributed by atoms with E-state index in [1.165, 1.54) is 33.6 Å². The topological polar surface area (TPSA) is 294 Å². The molecule has 0 aliphatic rings. The van der Waals surface area contributed by atoms with Gasteiger partial charge in [0.1, 0.15) is 0 Å². The van der Waals surface area contributed by atoms with Crippen LogP contribution >= 0.6 is 0 Å². The molecule has 0 heterocycles. The SMILES string of the molecule is CN(C)c1ccc(-c2ccc([N-]C(=O)C(C)(C)[S-])c(C[N-]CC[S-])c2)cc1.CN(C)c1ccc(-c2ccc([N-]C(=O)C[S-])c(C[N-]CC(C)(C)[S-])c2)cc1.CN(C)c1ccc(-c2ccc([N-]C(=O)C[S-])c(C[N-]CC[S-])c2)cc1.CN(C)c1ccc(-c2ccc([N-]CC(C)(C)[S-])c(C[N-]CC[S-])c2)cc1.CN(C)c1ccc(-c2ccc([N-]CC[S-])c(C[N-]CC(C)(C)[S-])c2)cc1.[O]=[Tc+4].[O]=[Tc+4].[O]=[Tc+4].[O]=[Tc+4].[O]=[Tc+4]. The molecule has 38 heteroatoms. The second kappa shape index (κ2) is 73.8. The number of benzene rings is 10. The summed E-state index contributed by atoms with van der Waals surface area (Å²) in [5.74, 6) is 1.48. The maximum atomic E-state index is 12.2. The monoisotopic (exact) mass is 2500 g/mol. The van der Waals surface area contributed by atoms with Gasteiger partial charge in [0.25, 0.3) is 0 Å². The molecule has 0 spiro atoms. The zero-order chi connectivity index (χ0) is 107. The first-order chi connectivity index (χ1) is 67.1. The molecule has 0 fully saturated rings. The Morgan fingerprint density at radius 1 is 0.255 bits per heavy atom. The minimum absolute atomic E-state index is 0.0174. The normalized spacial score (nSPS) is 10.7. The molecule has 0 unspecified atom stereocenters. The summed E-state index contributed by atoms with van der Waals surface area (Å²) in [4.78, 5) is 45.9. The fraction of sp³-hybridized carbons (Fsp3) is 0.388. The van der Waals surface area contributed by atoms with Gasteiger partial charge in [-0.25, -0.2) is 0 Å². The Labute approximate surface area is 948 Å². The van der Waals surface area contributed by atoms with E-state index in [-0.39, 0.29) is 43.5 Å². The predicted molar refractivity (Wildman–Crippen MR) is 593 cm³/mol. The van der Waals surface area contributed by atoms with Crippen LogP contribution in [0.25, 0.3) is 109 Å². The molecule has 10 rings (SSSR count). The number of carbonyl (C=O) groups is 3. The number of hydrogen-bond donors (Lipinski definition) is 0. The van der Waals surface area contributed by atoms with Gasteiger partial charge in [-0.1, -0.05) is 235 Å². The number of anilines is 5. The predicted octanol–water partition coefficient (Wildman–Crippen LogP) is 23.0. The first kappa shape index (κ1) is 134. The van der Waals surface area contributed by atoms with Crippen molar-refractivity contribution < 1.29 is 126 Å². The van der Waals surface area contributed by atoms with Gasteiger partial charge in [0.2, 0.25) is 0 Å². The number of amides is 3. The van der Waals surface area contributed by atoms with Crippen molar-refractivity contribution in [2.24, 2.45) is 0 Å². The van der Waals surface area contributed by atoms with Crippen LogP contribution in [0.4, 0.5) is 56.9 Å². The average molecular weight is 2510 g/mol. The summed E-state index contributed by atoms with van der Waals surface area (Å²) in [5, 5.41) is 44.5. The van der Waals surface area contributed by atoms with Crippen LogP contribution in [0.15, 0.2) is 212 Å². The van der Waals surface area contributed by atoms with Gasteiger partial charge < -0.3 is 218 Å². The summed E-state index contributed by atoms with van der Waals surface area (Å²) in [6, 6.07) is 72.5. The quantitative estimate of drug-likeness (QED) is 0.0254. The second-order valence-electron chi connectivity index (χ2n) is 34.3. The van der Waals surface area contributed by atoms with Gasteiger partial charge >= 0.3 is 112 Å². The van der Waals surface area contributed by atoms with Crippen LogP contribution in [0.3, 0.4) is 0 Å². The molecule has 0 aliphatic carbocycles. The van der Waals surface area contributed by atoms with Crippen LogP contribution < -0.4 is 24.5 Å². The van der Waals surface area contributed by atoms with Crippen LogP contribution in [-0.2, 0) is 285 Å². The summed E-state index contributed by atoms with van der Waals surface area (Å²) in [5.41, 5.74) is 25.9. The number of carbonyl (C=O) groups excluding carboxylic acids is 3.